The van der Waals surface area contributed by atoms with E-state index >= 15 is 0 Å². The summed E-state index contributed by atoms with van der Waals surface area (Å²) in [6.45, 7) is 2.23. The average Bonchev–Trinajstić information content (AvgIpc) is 3.14. The van der Waals surface area contributed by atoms with E-state index in [9.17, 15) is 14.4 Å². The maximum absolute atomic E-state index is 12.2. The number of hydrogen-bond donors (Lipinski definition) is 2. The van der Waals surface area contributed by atoms with Crippen LogP contribution in [0.5, 0.6) is 0 Å². The largest absolute Gasteiger partial charge is 0.347 e. The van der Waals surface area contributed by atoms with Crippen molar-refractivity contribution in [3.63, 3.8) is 0 Å². The number of rotatable bonds is 7. The minimum absolute atomic E-state index is 0.309. The van der Waals surface area contributed by atoms with Gasteiger partial charge in [-0.2, -0.15) is 0 Å². The fourth-order valence-electron chi connectivity index (χ4n) is 2.80. The molecule has 1 aromatic heterocycles. The van der Waals surface area contributed by atoms with Crippen LogP contribution in [-0.2, 0) is 20.8 Å². The fourth-order valence-corrected chi connectivity index (χ4v) is 3.99. The monoisotopic (exact) mass is 456 g/mol. The summed E-state index contributed by atoms with van der Waals surface area (Å²) in [5.41, 5.74) is 2.90. The first-order valence-electron chi connectivity index (χ1n) is 9.47. The highest BCUT2D eigenvalue weighted by atomic mass is 35.5. The number of aryl methyl sites for hydroxylation is 1. The maximum atomic E-state index is 12.2. The first kappa shape index (κ1) is 22.5. The minimum atomic E-state index is -0.770. The first-order chi connectivity index (χ1) is 14.9. The van der Waals surface area contributed by atoms with Crippen molar-refractivity contribution in [2.24, 2.45) is 0 Å². The Labute approximate surface area is 189 Å². The Hall–Kier alpha value is -3.23. The van der Waals surface area contributed by atoms with Gasteiger partial charge in [-0.3, -0.25) is 14.4 Å². The molecule has 0 atom stereocenters. The van der Waals surface area contributed by atoms with Crippen molar-refractivity contribution in [1.29, 1.82) is 0 Å². The maximum Gasteiger partial charge on any atom is 0.313 e. The number of aromatic nitrogens is 1. The zero-order valence-corrected chi connectivity index (χ0v) is 18.6. The molecular formula is C22H21ClN4O3S. The number of nitrogens with zero attached hydrogens (tertiary/aromatic N) is 2. The summed E-state index contributed by atoms with van der Waals surface area (Å²) < 4.78 is 0. The van der Waals surface area contributed by atoms with Gasteiger partial charge >= 0.3 is 11.8 Å². The number of carbonyl (C=O) groups is 3. The van der Waals surface area contributed by atoms with E-state index in [1.807, 2.05) is 31.2 Å². The molecule has 0 aliphatic heterocycles. The minimum Gasteiger partial charge on any atom is -0.347 e. The number of carbonyl (C=O) groups excluding carboxylic acids is 3. The molecule has 9 heteroatoms. The van der Waals surface area contributed by atoms with Crippen LogP contribution in [0, 0.1) is 6.92 Å². The molecule has 0 fully saturated rings. The van der Waals surface area contributed by atoms with Gasteiger partial charge in [0.25, 0.3) is 0 Å². The lowest BCUT2D eigenvalue weighted by atomic mass is 10.2. The van der Waals surface area contributed by atoms with Crippen molar-refractivity contribution in [2.75, 3.05) is 23.8 Å². The Morgan fingerprint density at radius 3 is 2.61 bits per heavy atom. The van der Waals surface area contributed by atoms with Crippen molar-refractivity contribution >= 4 is 52.5 Å². The molecule has 2 aromatic carbocycles. The predicted octanol–water partition coefficient (Wildman–Crippen LogP) is 3.66. The predicted molar refractivity (Wildman–Crippen MR) is 124 cm³/mol. The van der Waals surface area contributed by atoms with Crippen molar-refractivity contribution in [3.8, 4) is 10.6 Å². The number of hydrogen-bond acceptors (Lipinski definition) is 5. The molecule has 3 amide bonds. The highest BCUT2D eigenvalue weighted by Gasteiger charge is 2.15. The van der Waals surface area contributed by atoms with Gasteiger partial charge in [0.2, 0.25) is 6.41 Å². The Bertz CT molecular complexity index is 1100. The quantitative estimate of drug-likeness (QED) is 0.419. The van der Waals surface area contributed by atoms with Gasteiger partial charge in [-0.15, -0.1) is 11.3 Å². The van der Waals surface area contributed by atoms with Crippen molar-refractivity contribution in [2.45, 2.75) is 13.3 Å². The number of amides is 3. The summed E-state index contributed by atoms with van der Waals surface area (Å²) in [6.07, 6.45) is 1.23. The molecule has 1 heterocycles. The molecule has 0 aliphatic carbocycles. The van der Waals surface area contributed by atoms with Crippen LogP contribution in [0.15, 0.2) is 48.5 Å². The molecule has 7 nitrogen and oxygen atoms in total. The van der Waals surface area contributed by atoms with Gasteiger partial charge in [0.15, 0.2) is 0 Å². The number of nitrogens with one attached hydrogen (secondary N) is 2. The Kier molecular flexibility index (Phi) is 7.38. The lowest BCUT2D eigenvalue weighted by molar-refractivity contribution is -0.136. The molecule has 3 aromatic rings. The van der Waals surface area contributed by atoms with E-state index in [0.29, 0.717) is 35.8 Å². The van der Waals surface area contributed by atoms with Gasteiger partial charge in [0.1, 0.15) is 5.01 Å². The molecule has 0 bridgehead atoms. The van der Waals surface area contributed by atoms with E-state index < -0.39 is 11.8 Å². The highest BCUT2D eigenvalue weighted by Crippen LogP contribution is 2.29. The van der Waals surface area contributed by atoms with Crippen LogP contribution in [0.3, 0.4) is 0 Å². The van der Waals surface area contributed by atoms with Gasteiger partial charge in [-0.25, -0.2) is 4.98 Å². The third-order valence-electron chi connectivity index (χ3n) is 4.50. The standard InChI is InChI=1S/C22H21ClN4O3S/c1-14-19(31-22(25-14)15-6-8-16(23)9-7-15)10-11-24-20(29)21(30)26-17-4-3-5-18(12-17)27(2)13-28/h3-9,12-13H,10-11H2,1-2H3,(H,24,29)(H,26,30). The molecule has 0 spiro atoms. The van der Waals surface area contributed by atoms with Crippen LogP contribution in [-0.4, -0.2) is 36.8 Å². The second kappa shape index (κ2) is 10.2. The first-order valence-corrected chi connectivity index (χ1v) is 10.7. The van der Waals surface area contributed by atoms with Crippen molar-refractivity contribution in [3.05, 3.63) is 64.1 Å². The summed E-state index contributed by atoms with van der Waals surface area (Å²) in [6, 6.07) is 14.1. The number of thiazole rings is 1. The Balaban J connectivity index is 1.54. The van der Waals surface area contributed by atoms with Crippen LogP contribution >= 0.6 is 22.9 Å². The van der Waals surface area contributed by atoms with Crippen molar-refractivity contribution < 1.29 is 14.4 Å². The van der Waals surface area contributed by atoms with E-state index in [1.54, 1.807) is 42.6 Å². The summed E-state index contributed by atoms with van der Waals surface area (Å²) in [5.74, 6) is -1.50. The highest BCUT2D eigenvalue weighted by molar-refractivity contribution is 7.15. The third kappa shape index (κ3) is 5.90. The summed E-state index contributed by atoms with van der Waals surface area (Å²) in [7, 11) is 1.60. The van der Waals surface area contributed by atoms with Crippen LogP contribution < -0.4 is 15.5 Å². The second-order valence-electron chi connectivity index (χ2n) is 6.76. The van der Waals surface area contributed by atoms with Crippen LogP contribution in [0.4, 0.5) is 11.4 Å². The molecule has 31 heavy (non-hydrogen) atoms. The number of anilines is 2. The van der Waals surface area contributed by atoms with Gasteiger partial charge in [-0.1, -0.05) is 29.8 Å². The molecule has 3 rings (SSSR count). The van der Waals surface area contributed by atoms with E-state index in [2.05, 4.69) is 15.6 Å². The molecule has 0 saturated heterocycles. The van der Waals surface area contributed by atoms with E-state index in [4.69, 9.17) is 11.6 Å². The molecule has 0 radical (unpaired) electrons. The lowest BCUT2D eigenvalue weighted by Gasteiger charge is -2.12. The van der Waals surface area contributed by atoms with Crippen molar-refractivity contribution in [1.82, 2.24) is 10.3 Å². The zero-order chi connectivity index (χ0) is 22.4. The van der Waals surface area contributed by atoms with Gasteiger partial charge in [0.05, 0.1) is 5.69 Å². The van der Waals surface area contributed by atoms with Gasteiger partial charge in [-0.05, 0) is 37.3 Å². The molecule has 0 saturated carbocycles. The second-order valence-corrected chi connectivity index (χ2v) is 8.28. The molecular weight excluding hydrogens is 436 g/mol. The van der Waals surface area contributed by atoms with E-state index in [0.717, 1.165) is 21.1 Å². The Morgan fingerprint density at radius 1 is 1.16 bits per heavy atom. The molecule has 0 aliphatic rings. The molecule has 0 unspecified atom stereocenters. The summed E-state index contributed by atoms with van der Waals surface area (Å²) >= 11 is 7.48. The smallest absolute Gasteiger partial charge is 0.313 e. The van der Waals surface area contributed by atoms with Crippen LogP contribution in [0.1, 0.15) is 10.6 Å². The van der Waals surface area contributed by atoms with Gasteiger partial charge < -0.3 is 15.5 Å². The molecule has 160 valence electrons. The lowest BCUT2D eigenvalue weighted by Crippen LogP contribution is -2.36. The van der Waals surface area contributed by atoms with E-state index in [1.165, 1.54) is 4.90 Å². The van der Waals surface area contributed by atoms with Gasteiger partial charge in [0, 0.05) is 46.9 Å². The van der Waals surface area contributed by atoms with Crippen LogP contribution in [0.2, 0.25) is 5.02 Å². The average molecular weight is 457 g/mol. The van der Waals surface area contributed by atoms with Crippen LogP contribution in [0.25, 0.3) is 10.6 Å². The molecule has 2 N–H and O–H groups in total. The third-order valence-corrected chi connectivity index (χ3v) is 6.02. The topological polar surface area (TPSA) is 91.4 Å². The normalized spacial score (nSPS) is 10.4. The fraction of sp³-hybridized carbons (Fsp3) is 0.182. The summed E-state index contributed by atoms with van der Waals surface area (Å²) in [4.78, 5) is 42.2. The SMILES string of the molecule is Cc1nc(-c2ccc(Cl)cc2)sc1CCNC(=O)C(=O)Nc1cccc(N(C)C=O)c1. The zero-order valence-electron chi connectivity index (χ0n) is 17.0. The summed E-state index contributed by atoms with van der Waals surface area (Å²) in [5, 5.41) is 6.71. The van der Waals surface area contributed by atoms with E-state index in [-0.39, 0.29) is 0 Å². The number of benzene rings is 2. The number of halogens is 1. The Morgan fingerprint density at radius 2 is 1.90 bits per heavy atom.